The fourth-order valence-corrected chi connectivity index (χ4v) is 5.39. The minimum absolute atomic E-state index is 0.00743. The number of piperazine rings is 1. The van der Waals surface area contributed by atoms with Gasteiger partial charge in [0.15, 0.2) is 5.78 Å². The SMILES string of the molecule is CC(=O)c1cccc(S(=O)(=O)N2CCN(C(=O)Cc3cccc4ccccc34)CC2)c1. The molecule has 1 saturated heterocycles. The topological polar surface area (TPSA) is 74.8 Å². The van der Waals surface area contributed by atoms with Gasteiger partial charge in [-0.2, -0.15) is 4.31 Å². The van der Waals surface area contributed by atoms with Gasteiger partial charge in [0.05, 0.1) is 11.3 Å². The molecule has 0 radical (unpaired) electrons. The van der Waals surface area contributed by atoms with E-state index in [1.807, 2.05) is 42.5 Å². The van der Waals surface area contributed by atoms with Crippen LogP contribution in [0.15, 0.2) is 71.6 Å². The Morgan fingerprint density at radius 2 is 1.55 bits per heavy atom. The van der Waals surface area contributed by atoms with Gasteiger partial charge in [0.1, 0.15) is 0 Å². The molecule has 1 aliphatic heterocycles. The van der Waals surface area contributed by atoms with Crippen LogP contribution in [0.1, 0.15) is 22.8 Å². The number of hydrogen-bond donors (Lipinski definition) is 0. The van der Waals surface area contributed by atoms with Gasteiger partial charge in [0, 0.05) is 31.7 Å². The van der Waals surface area contributed by atoms with Gasteiger partial charge in [-0.05, 0) is 35.4 Å². The summed E-state index contributed by atoms with van der Waals surface area (Å²) in [7, 11) is -3.71. The first-order valence-corrected chi connectivity index (χ1v) is 11.7. The average molecular weight is 437 g/mol. The van der Waals surface area contributed by atoms with E-state index in [1.165, 1.54) is 23.4 Å². The van der Waals surface area contributed by atoms with E-state index in [1.54, 1.807) is 17.0 Å². The third kappa shape index (κ3) is 4.38. The number of carbonyl (C=O) groups is 2. The minimum atomic E-state index is -3.71. The lowest BCUT2D eigenvalue weighted by molar-refractivity contribution is -0.131. The number of amides is 1. The van der Waals surface area contributed by atoms with Crippen molar-refractivity contribution < 1.29 is 18.0 Å². The molecular weight excluding hydrogens is 412 g/mol. The highest BCUT2D eigenvalue weighted by molar-refractivity contribution is 7.89. The second-order valence-electron chi connectivity index (χ2n) is 7.68. The van der Waals surface area contributed by atoms with Crippen molar-refractivity contribution in [3.8, 4) is 0 Å². The van der Waals surface area contributed by atoms with E-state index in [2.05, 4.69) is 0 Å². The monoisotopic (exact) mass is 436 g/mol. The van der Waals surface area contributed by atoms with E-state index >= 15 is 0 Å². The number of hydrogen-bond acceptors (Lipinski definition) is 4. The van der Waals surface area contributed by atoms with E-state index in [-0.39, 0.29) is 36.1 Å². The fraction of sp³-hybridized carbons (Fsp3) is 0.250. The Bertz CT molecular complexity index is 1240. The van der Waals surface area contributed by atoms with Crippen LogP contribution in [0.3, 0.4) is 0 Å². The van der Waals surface area contributed by atoms with Crippen LogP contribution in [0.5, 0.6) is 0 Å². The van der Waals surface area contributed by atoms with E-state index in [0.29, 0.717) is 18.7 Å². The van der Waals surface area contributed by atoms with Gasteiger partial charge >= 0.3 is 0 Å². The number of Topliss-reactive ketones (excluding diaryl/α,β-unsaturated/α-hetero) is 1. The van der Waals surface area contributed by atoms with Crippen molar-refractivity contribution in [2.45, 2.75) is 18.2 Å². The van der Waals surface area contributed by atoms with Crippen LogP contribution in [0.4, 0.5) is 0 Å². The van der Waals surface area contributed by atoms with E-state index in [4.69, 9.17) is 0 Å². The third-order valence-corrected chi connectivity index (χ3v) is 7.59. The average Bonchev–Trinajstić information content (AvgIpc) is 2.79. The standard InChI is InChI=1S/C24H24N2O4S/c1-18(27)20-8-5-10-22(16-20)31(29,30)26-14-12-25(13-15-26)24(28)17-21-9-4-7-19-6-2-3-11-23(19)21/h2-11,16H,12-15,17H2,1H3. The number of carbonyl (C=O) groups excluding carboxylic acids is 2. The summed E-state index contributed by atoms with van der Waals surface area (Å²) in [5, 5.41) is 2.15. The zero-order valence-corrected chi connectivity index (χ0v) is 18.1. The maximum absolute atomic E-state index is 13.0. The van der Waals surface area contributed by atoms with Crippen LogP contribution >= 0.6 is 0 Å². The number of nitrogens with zero attached hydrogens (tertiary/aromatic N) is 2. The summed E-state index contributed by atoms with van der Waals surface area (Å²) in [6, 6.07) is 20.0. The second kappa shape index (κ2) is 8.61. The molecule has 31 heavy (non-hydrogen) atoms. The molecule has 0 saturated carbocycles. The molecule has 7 heteroatoms. The van der Waals surface area contributed by atoms with Crippen molar-refractivity contribution in [1.82, 2.24) is 9.21 Å². The number of benzene rings is 3. The Balaban J connectivity index is 1.44. The van der Waals surface area contributed by atoms with Crippen molar-refractivity contribution in [3.63, 3.8) is 0 Å². The molecule has 1 aliphatic rings. The first-order chi connectivity index (χ1) is 14.9. The summed E-state index contributed by atoms with van der Waals surface area (Å²) < 4.78 is 27.4. The lowest BCUT2D eigenvalue weighted by Gasteiger charge is -2.34. The largest absolute Gasteiger partial charge is 0.340 e. The Labute approximate surface area is 182 Å². The molecular formula is C24H24N2O4S. The third-order valence-electron chi connectivity index (χ3n) is 5.69. The lowest BCUT2D eigenvalue weighted by Crippen LogP contribution is -2.50. The summed E-state index contributed by atoms with van der Waals surface area (Å²) in [5.41, 5.74) is 1.34. The Hall–Kier alpha value is -3.03. The van der Waals surface area contributed by atoms with E-state index in [9.17, 15) is 18.0 Å². The van der Waals surface area contributed by atoms with Gasteiger partial charge in [0.2, 0.25) is 15.9 Å². The summed E-state index contributed by atoms with van der Waals surface area (Å²) >= 11 is 0. The van der Waals surface area contributed by atoms with Crippen LogP contribution < -0.4 is 0 Å². The Morgan fingerprint density at radius 3 is 2.29 bits per heavy atom. The lowest BCUT2D eigenvalue weighted by atomic mass is 10.0. The molecule has 6 nitrogen and oxygen atoms in total. The zero-order valence-electron chi connectivity index (χ0n) is 17.3. The molecule has 1 fully saturated rings. The van der Waals surface area contributed by atoms with E-state index in [0.717, 1.165) is 16.3 Å². The molecule has 0 N–H and O–H groups in total. The molecule has 0 aliphatic carbocycles. The quantitative estimate of drug-likeness (QED) is 0.576. The molecule has 0 atom stereocenters. The van der Waals surface area contributed by atoms with Crippen molar-refractivity contribution >= 4 is 32.5 Å². The zero-order chi connectivity index (χ0) is 22.0. The summed E-state index contributed by atoms with van der Waals surface area (Å²) in [6.07, 6.45) is 0.286. The molecule has 160 valence electrons. The first kappa shape index (κ1) is 21.2. The normalized spacial score (nSPS) is 15.2. The van der Waals surface area contributed by atoms with Crippen LogP contribution in [0, 0.1) is 0 Å². The predicted molar refractivity (Wildman–Crippen MR) is 119 cm³/mol. The van der Waals surface area contributed by atoms with Gasteiger partial charge in [-0.1, -0.05) is 54.6 Å². The number of ketones is 1. The molecule has 3 aromatic rings. The number of rotatable bonds is 5. The summed E-state index contributed by atoms with van der Waals surface area (Å²) in [6.45, 7) is 2.55. The maximum atomic E-state index is 13.0. The predicted octanol–water partition coefficient (Wildman–Crippen LogP) is 3.12. The molecule has 3 aromatic carbocycles. The maximum Gasteiger partial charge on any atom is 0.243 e. The molecule has 0 bridgehead atoms. The van der Waals surface area contributed by atoms with Crippen LogP contribution in [-0.4, -0.2) is 55.5 Å². The van der Waals surface area contributed by atoms with Gasteiger partial charge in [-0.3, -0.25) is 9.59 Å². The molecule has 0 aromatic heterocycles. The van der Waals surface area contributed by atoms with Crippen molar-refractivity contribution in [1.29, 1.82) is 0 Å². The van der Waals surface area contributed by atoms with Crippen LogP contribution in [0.2, 0.25) is 0 Å². The number of fused-ring (bicyclic) bond motifs is 1. The smallest absolute Gasteiger partial charge is 0.243 e. The summed E-state index contributed by atoms with van der Waals surface area (Å²) in [4.78, 5) is 26.3. The van der Waals surface area contributed by atoms with Gasteiger partial charge in [0.25, 0.3) is 0 Å². The second-order valence-corrected chi connectivity index (χ2v) is 9.62. The Morgan fingerprint density at radius 1 is 0.871 bits per heavy atom. The number of sulfonamides is 1. The molecule has 4 rings (SSSR count). The van der Waals surface area contributed by atoms with Crippen LogP contribution in [-0.2, 0) is 21.2 Å². The highest BCUT2D eigenvalue weighted by Gasteiger charge is 2.30. The molecule has 0 unspecified atom stereocenters. The van der Waals surface area contributed by atoms with Gasteiger partial charge < -0.3 is 4.90 Å². The summed E-state index contributed by atoms with van der Waals surface area (Å²) in [5.74, 6) is -0.187. The highest BCUT2D eigenvalue weighted by atomic mass is 32.2. The molecule has 1 heterocycles. The van der Waals surface area contributed by atoms with Crippen LogP contribution in [0.25, 0.3) is 10.8 Å². The minimum Gasteiger partial charge on any atom is -0.340 e. The molecule has 1 amide bonds. The van der Waals surface area contributed by atoms with E-state index < -0.39 is 10.0 Å². The Kier molecular flexibility index (Phi) is 5.89. The fourth-order valence-electron chi connectivity index (χ4n) is 3.92. The van der Waals surface area contributed by atoms with Gasteiger partial charge in [-0.25, -0.2) is 8.42 Å². The van der Waals surface area contributed by atoms with Crippen molar-refractivity contribution in [3.05, 3.63) is 77.9 Å². The highest BCUT2D eigenvalue weighted by Crippen LogP contribution is 2.22. The molecule has 0 spiro atoms. The first-order valence-electron chi connectivity index (χ1n) is 10.2. The van der Waals surface area contributed by atoms with Crippen molar-refractivity contribution in [2.75, 3.05) is 26.2 Å². The van der Waals surface area contributed by atoms with Gasteiger partial charge in [-0.15, -0.1) is 0 Å². The van der Waals surface area contributed by atoms with Crippen molar-refractivity contribution in [2.24, 2.45) is 0 Å².